The van der Waals surface area contributed by atoms with Crippen LogP contribution in [0, 0.1) is 0 Å². The van der Waals surface area contributed by atoms with Crippen molar-refractivity contribution in [1.29, 1.82) is 0 Å². The van der Waals surface area contributed by atoms with Crippen molar-refractivity contribution in [2.45, 2.75) is 57.2 Å². The zero-order chi connectivity index (χ0) is 13.3. The summed E-state index contributed by atoms with van der Waals surface area (Å²) in [7, 11) is 1.69. The molecule has 0 bridgehead atoms. The second-order valence-electron chi connectivity index (χ2n) is 5.36. The van der Waals surface area contributed by atoms with Crippen molar-refractivity contribution in [3.05, 3.63) is 0 Å². The molecule has 2 rings (SSSR count). The van der Waals surface area contributed by atoms with Crippen LogP contribution in [-0.2, 0) is 14.3 Å². The molecule has 102 valence electrons. The molecule has 1 aliphatic carbocycles. The van der Waals surface area contributed by atoms with Gasteiger partial charge in [-0.15, -0.1) is 0 Å². The first kappa shape index (κ1) is 13.3. The third kappa shape index (κ3) is 2.11. The van der Waals surface area contributed by atoms with Crippen LogP contribution in [0.3, 0.4) is 0 Å². The van der Waals surface area contributed by atoms with Crippen LogP contribution in [0.2, 0.25) is 0 Å². The van der Waals surface area contributed by atoms with E-state index in [1.165, 1.54) is 0 Å². The van der Waals surface area contributed by atoms with Crippen LogP contribution in [0.4, 0.5) is 0 Å². The van der Waals surface area contributed by atoms with Crippen molar-refractivity contribution >= 4 is 11.8 Å². The fourth-order valence-electron chi connectivity index (χ4n) is 2.82. The van der Waals surface area contributed by atoms with E-state index in [-0.39, 0.29) is 23.5 Å². The SMILES string of the molecule is CCC1C(=O)NC(C)C(=O)N1CC1(OC)CCC1. The minimum atomic E-state index is -0.422. The molecule has 1 aliphatic heterocycles. The van der Waals surface area contributed by atoms with E-state index in [1.54, 1.807) is 18.9 Å². The molecule has 2 unspecified atom stereocenters. The molecular formula is C13H22N2O3. The van der Waals surface area contributed by atoms with Crippen molar-refractivity contribution in [2.24, 2.45) is 0 Å². The molecule has 2 fully saturated rings. The number of carbonyl (C=O) groups excluding carboxylic acids is 2. The van der Waals surface area contributed by atoms with E-state index in [2.05, 4.69) is 5.32 Å². The van der Waals surface area contributed by atoms with Crippen LogP contribution in [-0.4, -0.2) is 48.1 Å². The summed E-state index contributed by atoms with van der Waals surface area (Å²) in [4.78, 5) is 25.9. The fraction of sp³-hybridized carbons (Fsp3) is 0.846. The van der Waals surface area contributed by atoms with Crippen molar-refractivity contribution in [3.8, 4) is 0 Å². The molecule has 2 aliphatic rings. The Morgan fingerprint density at radius 2 is 2.11 bits per heavy atom. The summed E-state index contributed by atoms with van der Waals surface area (Å²) in [5, 5.41) is 2.73. The molecule has 1 N–H and O–H groups in total. The lowest BCUT2D eigenvalue weighted by Crippen LogP contribution is -2.65. The number of ether oxygens (including phenoxy) is 1. The number of hydrogen-bond acceptors (Lipinski definition) is 3. The number of hydrogen-bond donors (Lipinski definition) is 1. The number of carbonyl (C=O) groups is 2. The third-order valence-corrected chi connectivity index (χ3v) is 4.23. The molecule has 2 atom stereocenters. The molecule has 1 saturated heterocycles. The Morgan fingerprint density at radius 1 is 1.44 bits per heavy atom. The van der Waals surface area contributed by atoms with E-state index in [9.17, 15) is 9.59 Å². The van der Waals surface area contributed by atoms with Crippen molar-refractivity contribution in [3.63, 3.8) is 0 Å². The maximum atomic E-state index is 12.2. The summed E-state index contributed by atoms with van der Waals surface area (Å²) < 4.78 is 5.56. The summed E-state index contributed by atoms with van der Waals surface area (Å²) >= 11 is 0. The molecule has 1 heterocycles. The van der Waals surface area contributed by atoms with Gasteiger partial charge in [0.2, 0.25) is 11.8 Å². The summed E-state index contributed by atoms with van der Waals surface area (Å²) in [6, 6.07) is -0.768. The summed E-state index contributed by atoms with van der Waals surface area (Å²) in [5.74, 6) is -0.0417. The third-order valence-electron chi connectivity index (χ3n) is 4.23. The topological polar surface area (TPSA) is 58.6 Å². The highest BCUT2D eigenvalue weighted by Crippen LogP contribution is 2.36. The number of methoxy groups -OCH3 is 1. The highest BCUT2D eigenvalue weighted by molar-refractivity contribution is 5.96. The van der Waals surface area contributed by atoms with Crippen LogP contribution in [0.15, 0.2) is 0 Å². The van der Waals surface area contributed by atoms with E-state index in [0.717, 1.165) is 19.3 Å². The predicted molar refractivity (Wildman–Crippen MR) is 67.0 cm³/mol. The van der Waals surface area contributed by atoms with E-state index < -0.39 is 6.04 Å². The summed E-state index contributed by atoms with van der Waals surface area (Å²) in [6.45, 7) is 4.21. The lowest BCUT2D eigenvalue weighted by Gasteiger charge is -2.47. The second-order valence-corrected chi connectivity index (χ2v) is 5.36. The molecule has 0 spiro atoms. The average Bonchev–Trinajstić information content (AvgIpc) is 2.30. The Kier molecular flexibility index (Phi) is 3.61. The average molecular weight is 254 g/mol. The van der Waals surface area contributed by atoms with Gasteiger partial charge in [-0.05, 0) is 32.6 Å². The van der Waals surface area contributed by atoms with Gasteiger partial charge in [0.15, 0.2) is 0 Å². The molecule has 5 nitrogen and oxygen atoms in total. The van der Waals surface area contributed by atoms with Crippen molar-refractivity contribution < 1.29 is 14.3 Å². The molecule has 2 amide bonds. The number of piperazine rings is 1. The predicted octanol–water partition coefficient (Wildman–Crippen LogP) is 0.681. The van der Waals surface area contributed by atoms with E-state index >= 15 is 0 Å². The molecule has 0 aromatic carbocycles. The van der Waals surface area contributed by atoms with E-state index in [1.807, 2.05) is 6.92 Å². The molecule has 0 aromatic heterocycles. The maximum absolute atomic E-state index is 12.2. The number of amides is 2. The van der Waals surface area contributed by atoms with Gasteiger partial charge in [-0.2, -0.15) is 0 Å². The van der Waals surface area contributed by atoms with E-state index in [4.69, 9.17) is 4.74 Å². The van der Waals surface area contributed by atoms with Crippen LogP contribution in [0.25, 0.3) is 0 Å². The molecular weight excluding hydrogens is 232 g/mol. The highest BCUT2D eigenvalue weighted by atomic mass is 16.5. The van der Waals surface area contributed by atoms with Gasteiger partial charge in [0.25, 0.3) is 0 Å². The normalized spacial score (nSPS) is 30.9. The smallest absolute Gasteiger partial charge is 0.245 e. The minimum absolute atomic E-state index is 0.00442. The van der Waals surface area contributed by atoms with Gasteiger partial charge in [0.1, 0.15) is 12.1 Å². The van der Waals surface area contributed by atoms with Gasteiger partial charge in [-0.3, -0.25) is 9.59 Å². The zero-order valence-electron chi connectivity index (χ0n) is 11.4. The quantitative estimate of drug-likeness (QED) is 0.802. The Balaban J connectivity index is 2.15. The molecule has 18 heavy (non-hydrogen) atoms. The van der Waals surface area contributed by atoms with Crippen LogP contribution in [0.1, 0.15) is 39.5 Å². The standard InChI is InChI=1S/C13H22N2O3/c1-4-10-11(16)14-9(2)12(17)15(10)8-13(18-3)6-5-7-13/h9-10H,4-8H2,1-3H3,(H,14,16). The van der Waals surface area contributed by atoms with Crippen molar-refractivity contribution in [2.75, 3.05) is 13.7 Å². The number of rotatable bonds is 4. The van der Waals surface area contributed by atoms with Gasteiger partial charge in [-0.25, -0.2) is 0 Å². The largest absolute Gasteiger partial charge is 0.376 e. The zero-order valence-corrected chi connectivity index (χ0v) is 11.4. The fourth-order valence-corrected chi connectivity index (χ4v) is 2.82. The van der Waals surface area contributed by atoms with E-state index in [0.29, 0.717) is 13.0 Å². The van der Waals surface area contributed by atoms with Crippen LogP contribution in [0.5, 0.6) is 0 Å². The van der Waals surface area contributed by atoms with Crippen LogP contribution >= 0.6 is 0 Å². The molecule has 5 heteroatoms. The highest BCUT2D eigenvalue weighted by Gasteiger charge is 2.45. The summed E-state index contributed by atoms with van der Waals surface area (Å²) in [5.41, 5.74) is -0.222. The monoisotopic (exact) mass is 254 g/mol. The van der Waals surface area contributed by atoms with Gasteiger partial charge in [-0.1, -0.05) is 6.92 Å². The van der Waals surface area contributed by atoms with Gasteiger partial charge >= 0.3 is 0 Å². The van der Waals surface area contributed by atoms with Crippen molar-refractivity contribution in [1.82, 2.24) is 10.2 Å². The van der Waals surface area contributed by atoms with Gasteiger partial charge in [0.05, 0.1) is 12.1 Å². The van der Waals surface area contributed by atoms with Gasteiger partial charge < -0.3 is 15.0 Å². The Bertz CT molecular complexity index is 347. The minimum Gasteiger partial charge on any atom is -0.376 e. The molecule has 1 saturated carbocycles. The van der Waals surface area contributed by atoms with Crippen LogP contribution < -0.4 is 5.32 Å². The Morgan fingerprint density at radius 3 is 2.56 bits per heavy atom. The Labute approximate surface area is 108 Å². The lowest BCUT2D eigenvalue weighted by molar-refractivity contribution is -0.158. The first-order valence-electron chi connectivity index (χ1n) is 6.69. The molecule has 0 radical (unpaired) electrons. The maximum Gasteiger partial charge on any atom is 0.245 e. The lowest BCUT2D eigenvalue weighted by atomic mass is 9.79. The second kappa shape index (κ2) is 4.88. The first-order chi connectivity index (χ1) is 8.53. The first-order valence-corrected chi connectivity index (χ1v) is 6.69. The number of nitrogens with zero attached hydrogens (tertiary/aromatic N) is 1. The molecule has 0 aromatic rings. The Hall–Kier alpha value is -1.10. The number of nitrogens with one attached hydrogen (secondary N) is 1. The van der Waals surface area contributed by atoms with Gasteiger partial charge in [0, 0.05) is 7.11 Å². The summed E-state index contributed by atoms with van der Waals surface area (Å²) in [6.07, 6.45) is 3.72.